The first kappa shape index (κ1) is 10.4. The lowest BCUT2D eigenvalue weighted by Gasteiger charge is -2.09. The summed E-state index contributed by atoms with van der Waals surface area (Å²) in [6.45, 7) is 5.57. The van der Waals surface area contributed by atoms with Crippen molar-refractivity contribution in [2.45, 2.75) is 19.4 Å². The topological polar surface area (TPSA) is 62.5 Å². The third kappa shape index (κ3) is 2.65. The Labute approximate surface area is 82.2 Å². The van der Waals surface area contributed by atoms with Crippen LogP contribution >= 0.6 is 0 Å². The van der Waals surface area contributed by atoms with Crippen LogP contribution in [0.2, 0.25) is 0 Å². The third-order valence-electron chi connectivity index (χ3n) is 1.73. The minimum absolute atomic E-state index is 0.0571. The van der Waals surface area contributed by atoms with Crippen LogP contribution in [0.15, 0.2) is 29.2 Å². The van der Waals surface area contributed by atoms with Gasteiger partial charge in [0, 0.05) is 12.1 Å². The van der Waals surface area contributed by atoms with E-state index in [1.807, 2.05) is 6.92 Å². The third-order valence-corrected chi connectivity index (χ3v) is 1.73. The SMILES string of the molecule is C=CCC(C)Nc1ccc(C(=O)O)o1. The van der Waals surface area contributed by atoms with Crippen LogP contribution in [0.4, 0.5) is 5.88 Å². The highest BCUT2D eigenvalue weighted by Crippen LogP contribution is 2.14. The Morgan fingerprint density at radius 3 is 3.00 bits per heavy atom. The van der Waals surface area contributed by atoms with Crippen molar-refractivity contribution in [1.29, 1.82) is 0 Å². The number of aromatic carboxylic acids is 1. The van der Waals surface area contributed by atoms with Crippen LogP contribution in [0.1, 0.15) is 23.9 Å². The predicted molar refractivity (Wildman–Crippen MR) is 53.6 cm³/mol. The van der Waals surface area contributed by atoms with Gasteiger partial charge in [-0.05, 0) is 19.4 Å². The van der Waals surface area contributed by atoms with E-state index >= 15 is 0 Å². The summed E-state index contributed by atoms with van der Waals surface area (Å²) in [7, 11) is 0. The molecule has 76 valence electrons. The van der Waals surface area contributed by atoms with Crippen LogP contribution in [-0.2, 0) is 0 Å². The van der Waals surface area contributed by atoms with Gasteiger partial charge in [0.2, 0.25) is 5.76 Å². The number of hydrogen-bond acceptors (Lipinski definition) is 3. The molecule has 0 aliphatic carbocycles. The molecule has 0 bridgehead atoms. The van der Waals surface area contributed by atoms with E-state index < -0.39 is 5.97 Å². The fourth-order valence-corrected chi connectivity index (χ4v) is 1.08. The molecule has 1 rings (SSSR count). The van der Waals surface area contributed by atoms with Crippen LogP contribution < -0.4 is 5.32 Å². The Morgan fingerprint density at radius 1 is 1.79 bits per heavy atom. The number of anilines is 1. The largest absolute Gasteiger partial charge is 0.475 e. The van der Waals surface area contributed by atoms with E-state index in [0.29, 0.717) is 5.88 Å². The Bertz CT molecular complexity index is 330. The van der Waals surface area contributed by atoms with E-state index in [1.165, 1.54) is 6.07 Å². The highest BCUT2D eigenvalue weighted by atomic mass is 16.4. The number of carboxylic acids is 1. The second-order valence-corrected chi connectivity index (χ2v) is 3.04. The van der Waals surface area contributed by atoms with Gasteiger partial charge >= 0.3 is 5.97 Å². The molecule has 1 unspecified atom stereocenters. The van der Waals surface area contributed by atoms with Crippen molar-refractivity contribution >= 4 is 11.9 Å². The summed E-state index contributed by atoms with van der Waals surface area (Å²) in [5, 5.41) is 11.6. The van der Waals surface area contributed by atoms with Crippen LogP contribution in [0.3, 0.4) is 0 Å². The van der Waals surface area contributed by atoms with Crippen molar-refractivity contribution in [2.75, 3.05) is 5.32 Å². The Hall–Kier alpha value is -1.71. The van der Waals surface area contributed by atoms with Crippen molar-refractivity contribution in [1.82, 2.24) is 0 Å². The molecule has 4 nitrogen and oxygen atoms in total. The van der Waals surface area contributed by atoms with Gasteiger partial charge in [-0.1, -0.05) is 6.08 Å². The zero-order valence-electron chi connectivity index (χ0n) is 7.99. The van der Waals surface area contributed by atoms with Crippen LogP contribution in [-0.4, -0.2) is 17.1 Å². The number of furan rings is 1. The van der Waals surface area contributed by atoms with Gasteiger partial charge in [0.15, 0.2) is 5.88 Å². The Balaban J connectivity index is 2.59. The smallest absolute Gasteiger partial charge is 0.371 e. The second-order valence-electron chi connectivity index (χ2n) is 3.04. The normalized spacial score (nSPS) is 12.1. The maximum atomic E-state index is 10.5. The summed E-state index contributed by atoms with van der Waals surface area (Å²) in [5.74, 6) is -0.649. The number of rotatable bonds is 5. The molecule has 0 radical (unpaired) electrons. The van der Waals surface area contributed by atoms with Gasteiger partial charge in [-0.15, -0.1) is 6.58 Å². The zero-order chi connectivity index (χ0) is 10.6. The molecule has 0 aromatic carbocycles. The molecule has 0 saturated heterocycles. The van der Waals surface area contributed by atoms with Gasteiger partial charge in [-0.25, -0.2) is 4.79 Å². The molecule has 0 spiro atoms. The molecule has 2 N–H and O–H groups in total. The van der Waals surface area contributed by atoms with Crippen molar-refractivity contribution in [2.24, 2.45) is 0 Å². The van der Waals surface area contributed by atoms with E-state index in [9.17, 15) is 4.79 Å². The van der Waals surface area contributed by atoms with Gasteiger partial charge in [0.1, 0.15) is 0 Å². The van der Waals surface area contributed by atoms with E-state index in [0.717, 1.165) is 6.42 Å². The van der Waals surface area contributed by atoms with Gasteiger partial charge in [0.25, 0.3) is 0 Å². The molecule has 0 fully saturated rings. The minimum atomic E-state index is -1.06. The summed E-state index contributed by atoms with van der Waals surface area (Å²) in [5.41, 5.74) is 0. The first-order valence-electron chi connectivity index (χ1n) is 4.34. The van der Waals surface area contributed by atoms with Crippen molar-refractivity contribution in [3.8, 4) is 0 Å². The summed E-state index contributed by atoms with van der Waals surface area (Å²) in [6.07, 6.45) is 2.59. The zero-order valence-corrected chi connectivity index (χ0v) is 7.99. The van der Waals surface area contributed by atoms with Crippen molar-refractivity contribution in [3.05, 3.63) is 30.5 Å². The first-order chi connectivity index (χ1) is 6.63. The molecule has 1 heterocycles. The van der Waals surface area contributed by atoms with E-state index in [1.54, 1.807) is 12.1 Å². The second kappa shape index (κ2) is 4.50. The number of hydrogen-bond donors (Lipinski definition) is 2. The van der Waals surface area contributed by atoms with Crippen molar-refractivity contribution in [3.63, 3.8) is 0 Å². The van der Waals surface area contributed by atoms with E-state index in [-0.39, 0.29) is 11.8 Å². The molecule has 0 aliphatic heterocycles. The van der Waals surface area contributed by atoms with Crippen LogP contribution in [0.25, 0.3) is 0 Å². The monoisotopic (exact) mass is 195 g/mol. The molecular formula is C10H13NO3. The lowest BCUT2D eigenvalue weighted by molar-refractivity contribution is 0.0663. The predicted octanol–water partition coefficient (Wildman–Crippen LogP) is 2.35. The fourth-order valence-electron chi connectivity index (χ4n) is 1.08. The minimum Gasteiger partial charge on any atom is -0.475 e. The van der Waals surface area contributed by atoms with Crippen LogP contribution in [0, 0.1) is 0 Å². The molecule has 0 aliphatic rings. The summed E-state index contributed by atoms with van der Waals surface area (Å²) < 4.78 is 5.02. The first-order valence-corrected chi connectivity index (χ1v) is 4.34. The standard InChI is InChI=1S/C10H13NO3/c1-3-4-7(2)11-9-6-5-8(14-9)10(12)13/h3,5-7,11H,1,4H2,2H3,(H,12,13). The highest BCUT2D eigenvalue weighted by molar-refractivity contribution is 5.84. The number of nitrogens with one attached hydrogen (secondary N) is 1. The quantitative estimate of drug-likeness (QED) is 0.708. The van der Waals surface area contributed by atoms with Gasteiger partial charge < -0.3 is 14.8 Å². The molecule has 1 atom stereocenters. The van der Waals surface area contributed by atoms with Crippen molar-refractivity contribution < 1.29 is 14.3 Å². The van der Waals surface area contributed by atoms with Gasteiger partial charge in [-0.2, -0.15) is 0 Å². The molecule has 0 saturated carbocycles. The Kier molecular flexibility index (Phi) is 3.34. The molecule has 14 heavy (non-hydrogen) atoms. The molecule has 1 aromatic heterocycles. The lowest BCUT2D eigenvalue weighted by atomic mass is 10.2. The summed E-state index contributed by atoms with van der Waals surface area (Å²) in [4.78, 5) is 10.5. The number of carboxylic acid groups (broad SMARTS) is 1. The van der Waals surface area contributed by atoms with Gasteiger partial charge in [0.05, 0.1) is 0 Å². The molecule has 4 heteroatoms. The van der Waals surface area contributed by atoms with Gasteiger partial charge in [-0.3, -0.25) is 0 Å². The average molecular weight is 195 g/mol. The van der Waals surface area contributed by atoms with E-state index in [4.69, 9.17) is 9.52 Å². The highest BCUT2D eigenvalue weighted by Gasteiger charge is 2.09. The van der Waals surface area contributed by atoms with E-state index in [2.05, 4.69) is 11.9 Å². The van der Waals surface area contributed by atoms with Crippen LogP contribution in [0.5, 0.6) is 0 Å². The lowest BCUT2D eigenvalue weighted by Crippen LogP contribution is -2.13. The molecule has 0 amide bonds. The maximum Gasteiger partial charge on any atom is 0.371 e. The fraction of sp³-hybridized carbons (Fsp3) is 0.300. The maximum absolute atomic E-state index is 10.5. The Morgan fingerprint density at radius 2 is 2.50 bits per heavy atom. The molecular weight excluding hydrogens is 182 g/mol. The average Bonchev–Trinajstić information content (AvgIpc) is 2.53. The number of carbonyl (C=O) groups is 1. The summed E-state index contributed by atoms with van der Waals surface area (Å²) in [6, 6.07) is 3.20. The summed E-state index contributed by atoms with van der Waals surface area (Å²) >= 11 is 0. The molecule has 1 aromatic rings.